The molecule has 0 spiro atoms. The minimum atomic E-state index is -0.0524. The Hall–Kier alpha value is -2.28. The van der Waals surface area contributed by atoms with Crippen molar-refractivity contribution < 1.29 is 14.1 Å². The molecule has 1 fully saturated rings. The smallest absolute Gasteiger partial charge is 0.272 e. The second kappa shape index (κ2) is 6.45. The van der Waals surface area contributed by atoms with Gasteiger partial charge in [-0.1, -0.05) is 11.2 Å². The third kappa shape index (κ3) is 3.43. The van der Waals surface area contributed by atoms with Crippen LogP contribution >= 0.6 is 0 Å². The molecule has 21 heavy (non-hydrogen) atoms. The lowest BCUT2D eigenvalue weighted by atomic mass is 10.1. The Balaban J connectivity index is 1.56. The summed E-state index contributed by atoms with van der Waals surface area (Å²) in [5.41, 5.74) is 0.469. The van der Waals surface area contributed by atoms with Gasteiger partial charge in [0, 0.05) is 19.3 Å². The van der Waals surface area contributed by atoms with E-state index in [4.69, 9.17) is 4.74 Å². The summed E-state index contributed by atoms with van der Waals surface area (Å²) in [5.74, 6) is 0.464. The standard InChI is InChI=1S/C14H16N4O3/c19-14(12-5-1-2-6-15-12)18-7-3-4-11(8-18)20-9-13-16-10-21-17-13/h1-2,5-6,10-11H,3-4,7-9H2. The van der Waals surface area contributed by atoms with E-state index in [0.29, 0.717) is 24.7 Å². The molecule has 110 valence electrons. The number of likely N-dealkylation sites (tertiary alicyclic amines) is 1. The summed E-state index contributed by atoms with van der Waals surface area (Å²) in [4.78, 5) is 22.1. The zero-order valence-electron chi connectivity index (χ0n) is 11.5. The zero-order valence-corrected chi connectivity index (χ0v) is 11.5. The molecule has 2 aromatic heterocycles. The van der Waals surface area contributed by atoms with Crippen LogP contribution in [0.1, 0.15) is 29.2 Å². The molecule has 0 N–H and O–H groups in total. The molecule has 0 aliphatic carbocycles. The molecule has 1 unspecified atom stereocenters. The zero-order chi connectivity index (χ0) is 14.5. The fourth-order valence-corrected chi connectivity index (χ4v) is 2.36. The van der Waals surface area contributed by atoms with Crippen molar-refractivity contribution in [3.05, 3.63) is 42.3 Å². The van der Waals surface area contributed by atoms with E-state index in [1.165, 1.54) is 6.39 Å². The SMILES string of the molecule is O=C(c1ccccn1)N1CCCC(OCc2ncon2)C1. The number of ether oxygens (including phenoxy) is 1. The topological polar surface area (TPSA) is 81.4 Å². The third-order valence-electron chi connectivity index (χ3n) is 3.40. The highest BCUT2D eigenvalue weighted by atomic mass is 16.5. The van der Waals surface area contributed by atoms with E-state index in [0.717, 1.165) is 19.4 Å². The van der Waals surface area contributed by atoms with Crippen molar-refractivity contribution in [3.63, 3.8) is 0 Å². The van der Waals surface area contributed by atoms with Gasteiger partial charge in [-0.3, -0.25) is 9.78 Å². The van der Waals surface area contributed by atoms with E-state index in [1.807, 2.05) is 6.07 Å². The molecule has 1 aliphatic rings. The molecule has 3 heterocycles. The summed E-state index contributed by atoms with van der Waals surface area (Å²) in [7, 11) is 0. The number of amides is 1. The minimum Gasteiger partial charge on any atom is -0.368 e. The van der Waals surface area contributed by atoms with E-state index >= 15 is 0 Å². The Morgan fingerprint density at radius 3 is 3.14 bits per heavy atom. The maximum atomic E-state index is 12.3. The van der Waals surface area contributed by atoms with Crippen molar-refractivity contribution in [2.24, 2.45) is 0 Å². The number of pyridine rings is 1. The first kappa shape index (κ1) is 13.7. The molecule has 0 saturated carbocycles. The molecule has 3 rings (SSSR count). The summed E-state index contributed by atoms with van der Waals surface area (Å²) in [6.45, 7) is 1.59. The van der Waals surface area contributed by atoms with Crippen LogP contribution < -0.4 is 0 Å². The predicted octanol–water partition coefficient (Wildman–Crippen LogP) is 1.29. The average molecular weight is 288 g/mol. The highest BCUT2D eigenvalue weighted by Crippen LogP contribution is 2.16. The Labute approximate surface area is 121 Å². The molecule has 1 saturated heterocycles. The number of hydrogen-bond acceptors (Lipinski definition) is 6. The number of nitrogens with zero attached hydrogens (tertiary/aromatic N) is 4. The summed E-state index contributed by atoms with van der Waals surface area (Å²) < 4.78 is 10.4. The monoisotopic (exact) mass is 288 g/mol. The van der Waals surface area contributed by atoms with Crippen LogP contribution in [-0.4, -0.2) is 45.1 Å². The first-order chi connectivity index (χ1) is 10.3. The van der Waals surface area contributed by atoms with Gasteiger partial charge in [0.15, 0.2) is 5.82 Å². The van der Waals surface area contributed by atoms with Gasteiger partial charge in [0.25, 0.3) is 5.91 Å². The van der Waals surface area contributed by atoms with Crippen LogP contribution in [0.3, 0.4) is 0 Å². The van der Waals surface area contributed by atoms with E-state index in [2.05, 4.69) is 19.6 Å². The molecule has 0 aromatic carbocycles. The Bertz CT molecular complexity index is 573. The Morgan fingerprint density at radius 2 is 2.38 bits per heavy atom. The first-order valence-electron chi connectivity index (χ1n) is 6.90. The normalized spacial score (nSPS) is 18.7. The number of hydrogen-bond donors (Lipinski definition) is 0. The largest absolute Gasteiger partial charge is 0.368 e. The summed E-state index contributed by atoms with van der Waals surface area (Å²) in [5, 5.41) is 3.70. The van der Waals surface area contributed by atoms with E-state index in [-0.39, 0.29) is 12.0 Å². The van der Waals surface area contributed by atoms with Crippen molar-refractivity contribution in [2.75, 3.05) is 13.1 Å². The van der Waals surface area contributed by atoms with Gasteiger partial charge in [0.05, 0.1) is 6.10 Å². The quantitative estimate of drug-likeness (QED) is 0.843. The number of aromatic nitrogens is 3. The third-order valence-corrected chi connectivity index (χ3v) is 3.40. The van der Waals surface area contributed by atoms with Gasteiger partial charge in [0.2, 0.25) is 6.39 Å². The molecule has 7 heteroatoms. The van der Waals surface area contributed by atoms with Crippen LogP contribution in [0.25, 0.3) is 0 Å². The fourth-order valence-electron chi connectivity index (χ4n) is 2.36. The van der Waals surface area contributed by atoms with Gasteiger partial charge >= 0.3 is 0 Å². The summed E-state index contributed by atoms with van der Waals surface area (Å²) in [6.07, 6.45) is 4.72. The lowest BCUT2D eigenvalue weighted by Gasteiger charge is -2.32. The molecule has 1 amide bonds. The molecular weight excluding hydrogens is 272 g/mol. The molecule has 0 bridgehead atoms. The van der Waals surface area contributed by atoms with E-state index in [1.54, 1.807) is 23.2 Å². The van der Waals surface area contributed by atoms with Gasteiger partial charge in [0.1, 0.15) is 12.3 Å². The number of carbonyl (C=O) groups is 1. The number of rotatable bonds is 4. The lowest BCUT2D eigenvalue weighted by molar-refractivity contribution is -0.00976. The van der Waals surface area contributed by atoms with Crippen LogP contribution in [0.15, 0.2) is 35.3 Å². The molecule has 1 atom stereocenters. The summed E-state index contributed by atoms with van der Waals surface area (Å²) >= 11 is 0. The highest BCUT2D eigenvalue weighted by Gasteiger charge is 2.25. The second-order valence-electron chi connectivity index (χ2n) is 4.89. The Kier molecular flexibility index (Phi) is 4.20. The maximum absolute atomic E-state index is 12.3. The number of piperidine rings is 1. The molecular formula is C14H16N4O3. The maximum Gasteiger partial charge on any atom is 0.272 e. The van der Waals surface area contributed by atoms with Crippen LogP contribution in [-0.2, 0) is 11.3 Å². The average Bonchev–Trinajstić information content (AvgIpc) is 3.07. The van der Waals surface area contributed by atoms with Gasteiger partial charge < -0.3 is 14.2 Å². The molecule has 2 aromatic rings. The van der Waals surface area contributed by atoms with Crippen LogP contribution in [0.2, 0.25) is 0 Å². The van der Waals surface area contributed by atoms with Gasteiger partial charge in [-0.2, -0.15) is 4.98 Å². The first-order valence-corrected chi connectivity index (χ1v) is 6.90. The van der Waals surface area contributed by atoms with Gasteiger partial charge in [-0.25, -0.2) is 0 Å². The van der Waals surface area contributed by atoms with Crippen molar-refractivity contribution in [1.29, 1.82) is 0 Å². The predicted molar refractivity (Wildman–Crippen MR) is 72.2 cm³/mol. The van der Waals surface area contributed by atoms with Crippen LogP contribution in [0.5, 0.6) is 0 Å². The Morgan fingerprint density at radius 1 is 1.43 bits per heavy atom. The molecule has 1 aliphatic heterocycles. The van der Waals surface area contributed by atoms with E-state index < -0.39 is 0 Å². The second-order valence-corrected chi connectivity index (χ2v) is 4.89. The van der Waals surface area contributed by atoms with Crippen molar-refractivity contribution in [2.45, 2.75) is 25.6 Å². The van der Waals surface area contributed by atoms with Gasteiger partial charge in [-0.15, -0.1) is 0 Å². The van der Waals surface area contributed by atoms with Crippen molar-refractivity contribution in [1.82, 2.24) is 20.0 Å². The van der Waals surface area contributed by atoms with Crippen molar-refractivity contribution >= 4 is 5.91 Å². The fraction of sp³-hybridized carbons (Fsp3) is 0.429. The molecule has 7 nitrogen and oxygen atoms in total. The van der Waals surface area contributed by atoms with Gasteiger partial charge in [-0.05, 0) is 25.0 Å². The van der Waals surface area contributed by atoms with Crippen LogP contribution in [0.4, 0.5) is 0 Å². The van der Waals surface area contributed by atoms with Crippen LogP contribution in [0, 0.1) is 0 Å². The number of carbonyl (C=O) groups excluding carboxylic acids is 1. The van der Waals surface area contributed by atoms with Crippen molar-refractivity contribution in [3.8, 4) is 0 Å². The highest BCUT2D eigenvalue weighted by molar-refractivity contribution is 5.92. The summed E-state index contributed by atoms with van der Waals surface area (Å²) in [6, 6.07) is 5.34. The minimum absolute atomic E-state index is 0.00934. The lowest BCUT2D eigenvalue weighted by Crippen LogP contribution is -2.43. The van der Waals surface area contributed by atoms with E-state index in [9.17, 15) is 4.79 Å². The molecule has 0 radical (unpaired) electrons.